The number of hydrogen-bond donors (Lipinski definition) is 2. The molecule has 6 nitrogen and oxygen atoms in total. The van der Waals surface area contributed by atoms with Crippen molar-refractivity contribution in [3.05, 3.63) is 0 Å². The maximum atomic E-state index is 12.3. The summed E-state index contributed by atoms with van der Waals surface area (Å²) in [6.45, 7) is 4.41. The van der Waals surface area contributed by atoms with Crippen molar-refractivity contribution in [2.75, 3.05) is 46.3 Å². The fourth-order valence-corrected chi connectivity index (χ4v) is 2.69. The topological polar surface area (TPSA) is 64.7 Å². The van der Waals surface area contributed by atoms with Gasteiger partial charge in [0.15, 0.2) is 0 Å². The van der Waals surface area contributed by atoms with Crippen LogP contribution in [-0.4, -0.2) is 74.0 Å². The lowest BCUT2D eigenvalue weighted by Crippen LogP contribution is -2.55. The second-order valence-corrected chi connectivity index (χ2v) is 5.28. The first-order valence-corrected chi connectivity index (χ1v) is 7.16. The van der Waals surface area contributed by atoms with Gasteiger partial charge in [0.2, 0.25) is 11.8 Å². The van der Waals surface area contributed by atoms with Crippen molar-refractivity contribution in [1.29, 1.82) is 0 Å². The third-order valence-electron chi connectivity index (χ3n) is 3.94. The van der Waals surface area contributed by atoms with Crippen LogP contribution in [0.3, 0.4) is 0 Å². The highest BCUT2D eigenvalue weighted by Gasteiger charge is 2.28. The second-order valence-electron chi connectivity index (χ2n) is 5.28. The zero-order valence-electron chi connectivity index (χ0n) is 11.7. The van der Waals surface area contributed by atoms with E-state index in [2.05, 4.69) is 15.5 Å². The number of nitrogens with zero attached hydrogens (tertiary/aromatic N) is 2. The number of piperidine rings is 1. The highest BCUT2D eigenvalue weighted by atomic mass is 16.2. The first-order valence-electron chi connectivity index (χ1n) is 7.16. The normalized spacial score (nSPS) is 25.1. The third kappa shape index (κ3) is 3.91. The molecule has 2 N–H and O–H groups in total. The SMILES string of the molecule is CNC(=O)CN1CCN(C(=O)C2CCCCN2)CC1. The number of hydrogen-bond acceptors (Lipinski definition) is 4. The molecule has 0 aromatic carbocycles. The number of piperazine rings is 1. The van der Waals surface area contributed by atoms with E-state index in [1.54, 1.807) is 7.05 Å². The highest BCUT2D eigenvalue weighted by molar-refractivity contribution is 5.82. The summed E-state index contributed by atoms with van der Waals surface area (Å²) in [5.74, 6) is 0.271. The number of amides is 2. The van der Waals surface area contributed by atoms with Crippen molar-refractivity contribution in [1.82, 2.24) is 20.4 Å². The molecule has 0 spiro atoms. The van der Waals surface area contributed by atoms with Crippen LogP contribution in [0.5, 0.6) is 0 Å². The quantitative estimate of drug-likeness (QED) is 0.690. The Balaban J connectivity index is 1.76. The smallest absolute Gasteiger partial charge is 0.239 e. The van der Waals surface area contributed by atoms with Crippen LogP contribution in [0.25, 0.3) is 0 Å². The summed E-state index contributed by atoms with van der Waals surface area (Å²) in [6.07, 6.45) is 3.26. The molecule has 6 heteroatoms. The van der Waals surface area contributed by atoms with E-state index in [-0.39, 0.29) is 17.9 Å². The van der Waals surface area contributed by atoms with E-state index < -0.39 is 0 Å². The van der Waals surface area contributed by atoms with E-state index in [0.29, 0.717) is 6.54 Å². The molecule has 2 aliphatic heterocycles. The van der Waals surface area contributed by atoms with E-state index in [4.69, 9.17) is 0 Å². The molecule has 2 fully saturated rings. The molecule has 0 saturated carbocycles. The van der Waals surface area contributed by atoms with Crippen molar-refractivity contribution in [2.45, 2.75) is 25.3 Å². The van der Waals surface area contributed by atoms with Gasteiger partial charge in [0, 0.05) is 33.2 Å². The molecule has 2 heterocycles. The lowest BCUT2D eigenvalue weighted by Gasteiger charge is -2.37. The first-order chi connectivity index (χ1) is 9.20. The Morgan fingerprint density at radius 1 is 1.21 bits per heavy atom. The molecule has 1 atom stereocenters. The molecule has 108 valence electrons. The van der Waals surface area contributed by atoms with Crippen LogP contribution in [0, 0.1) is 0 Å². The minimum atomic E-state index is 0.0132. The fourth-order valence-electron chi connectivity index (χ4n) is 2.69. The van der Waals surface area contributed by atoms with Gasteiger partial charge in [0.25, 0.3) is 0 Å². The van der Waals surface area contributed by atoms with E-state index in [1.165, 1.54) is 6.42 Å². The van der Waals surface area contributed by atoms with E-state index in [1.807, 2.05) is 4.90 Å². The molecule has 1 unspecified atom stereocenters. The second kappa shape index (κ2) is 6.86. The Morgan fingerprint density at radius 2 is 1.95 bits per heavy atom. The fraction of sp³-hybridized carbons (Fsp3) is 0.846. The van der Waals surface area contributed by atoms with Gasteiger partial charge < -0.3 is 15.5 Å². The van der Waals surface area contributed by atoms with Crippen molar-refractivity contribution in [2.24, 2.45) is 0 Å². The maximum Gasteiger partial charge on any atom is 0.239 e. The molecule has 0 bridgehead atoms. The van der Waals surface area contributed by atoms with E-state index in [0.717, 1.165) is 45.6 Å². The van der Waals surface area contributed by atoms with Crippen molar-refractivity contribution >= 4 is 11.8 Å². The van der Waals surface area contributed by atoms with E-state index >= 15 is 0 Å². The van der Waals surface area contributed by atoms with Crippen molar-refractivity contribution in [3.8, 4) is 0 Å². The molecule has 0 radical (unpaired) electrons. The number of carbonyl (C=O) groups excluding carboxylic acids is 2. The molecule has 0 aromatic heterocycles. The van der Waals surface area contributed by atoms with Gasteiger partial charge in [-0.3, -0.25) is 14.5 Å². The third-order valence-corrected chi connectivity index (χ3v) is 3.94. The van der Waals surface area contributed by atoms with Crippen LogP contribution in [0.1, 0.15) is 19.3 Å². The Morgan fingerprint density at radius 3 is 2.53 bits per heavy atom. The molecule has 19 heavy (non-hydrogen) atoms. The Kier molecular flexibility index (Phi) is 5.15. The molecule has 0 aromatic rings. The van der Waals surface area contributed by atoms with Crippen molar-refractivity contribution < 1.29 is 9.59 Å². The minimum absolute atomic E-state index is 0.0132. The van der Waals surface area contributed by atoms with Crippen LogP contribution >= 0.6 is 0 Å². The molecule has 0 aliphatic carbocycles. The van der Waals surface area contributed by atoms with Crippen LogP contribution in [0.15, 0.2) is 0 Å². The van der Waals surface area contributed by atoms with Gasteiger partial charge in [-0.25, -0.2) is 0 Å². The summed E-state index contributed by atoms with van der Waals surface area (Å²) in [4.78, 5) is 27.6. The molecular formula is C13H24N4O2. The Bertz CT molecular complexity index is 321. The van der Waals surface area contributed by atoms with Gasteiger partial charge >= 0.3 is 0 Å². The predicted molar refractivity (Wildman–Crippen MR) is 72.7 cm³/mol. The first kappa shape index (κ1) is 14.3. The zero-order chi connectivity index (χ0) is 13.7. The van der Waals surface area contributed by atoms with Gasteiger partial charge in [0.05, 0.1) is 12.6 Å². The molecule has 2 saturated heterocycles. The van der Waals surface area contributed by atoms with Crippen LogP contribution in [0.2, 0.25) is 0 Å². The maximum absolute atomic E-state index is 12.3. The van der Waals surface area contributed by atoms with Crippen LogP contribution < -0.4 is 10.6 Å². The molecule has 2 rings (SSSR count). The molecule has 2 aliphatic rings. The standard InChI is InChI=1S/C13H24N4O2/c1-14-12(18)10-16-6-8-17(9-7-16)13(19)11-4-2-3-5-15-11/h11,15H,2-10H2,1H3,(H,14,18). The average Bonchev–Trinajstić information content (AvgIpc) is 2.48. The van der Waals surface area contributed by atoms with Crippen molar-refractivity contribution in [3.63, 3.8) is 0 Å². The van der Waals surface area contributed by atoms with Crippen LogP contribution in [-0.2, 0) is 9.59 Å². The summed E-state index contributed by atoms with van der Waals surface area (Å²) in [5.41, 5.74) is 0. The monoisotopic (exact) mass is 268 g/mol. The molecular weight excluding hydrogens is 244 g/mol. The number of carbonyl (C=O) groups is 2. The lowest BCUT2D eigenvalue weighted by atomic mass is 10.0. The van der Waals surface area contributed by atoms with Crippen LogP contribution in [0.4, 0.5) is 0 Å². The summed E-state index contributed by atoms with van der Waals surface area (Å²) >= 11 is 0. The zero-order valence-corrected chi connectivity index (χ0v) is 11.7. The predicted octanol–water partition coefficient (Wildman–Crippen LogP) is -0.981. The average molecular weight is 268 g/mol. The largest absolute Gasteiger partial charge is 0.358 e. The summed E-state index contributed by atoms with van der Waals surface area (Å²) in [6, 6.07) is 0.0132. The van der Waals surface area contributed by atoms with E-state index in [9.17, 15) is 9.59 Å². The number of likely N-dealkylation sites (N-methyl/N-ethyl adjacent to an activating group) is 1. The number of nitrogens with one attached hydrogen (secondary N) is 2. The molecule has 2 amide bonds. The van der Waals surface area contributed by atoms with Gasteiger partial charge in [-0.1, -0.05) is 6.42 Å². The van der Waals surface area contributed by atoms with Gasteiger partial charge in [-0.15, -0.1) is 0 Å². The number of rotatable bonds is 3. The summed E-state index contributed by atoms with van der Waals surface area (Å²) in [5, 5.41) is 5.93. The summed E-state index contributed by atoms with van der Waals surface area (Å²) < 4.78 is 0. The lowest BCUT2D eigenvalue weighted by molar-refractivity contribution is -0.136. The minimum Gasteiger partial charge on any atom is -0.358 e. The Hall–Kier alpha value is -1.14. The van der Waals surface area contributed by atoms with Gasteiger partial charge in [-0.05, 0) is 19.4 Å². The Labute approximate surface area is 114 Å². The van der Waals surface area contributed by atoms with Gasteiger partial charge in [-0.2, -0.15) is 0 Å². The highest BCUT2D eigenvalue weighted by Crippen LogP contribution is 2.11. The van der Waals surface area contributed by atoms with Gasteiger partial charge in [0.1, 0.15) is 0 Å². The summed E-state index contributed by atoms with van der Waals surface area (Å²) in [7, 11) is 1.65.